The zero-order valence-corrected chi connectivity index (χ0v) is 16.5. The van der Waals surface area contributed by atoms with Crippen LogP contribution in [-0.2, 0) is 11.2 Å². The molecule has 0 N–H and O–H groups in total. The third-order valence-corrected chi connectivity index (χ3v) is 5.39. The molecule has 3 aromatic rings. The maximum Gasteiger partial charge on any atom is 0.249 e. The summed E-state index contributed by atoms with van der Waals surface area (Å²) in [5.74, 6) is 0.849. The average Bonchev–Trinajstić information content (AvgIpc) is 3.40. The van der Waals surface area contributed by atoms with Gasteiger partial charge in [0.25, 0.3) is 0 Å². The highest BCUT2D eigenvalue weighted by Crippen LogP contribution is 2.33. The fourth-order valence-electron chi connectivity index (χ4n) is 3.50. The van der Waals surface area contributed by atoms with Gasteiger partial charge in [-0.2, -0.15) is 4.98 Å². The summed E-state index contributed by atoms with van der Waals surface area (Å²) >= 11 is 6.07. The van der Waals surface area contributed by atoms with Crippen LogP contribution in [0.15, 0.2) is 47.0 Å². The van der Waals surface area contributed by atoms with Crippen LogP contribution in [0.2, 0.25) is 5.02 Å². The quantitative estimate of drug-likeness (QED) is 0.616. The molecule has 0 bridgehead atoms. The first-order valence-electron chi connectivity index (χ1n) is 9.27. The van der Waals surface area contributed by atoms with E-state index in [-0.39, 0.29) is 29.0 Å². The number of aromatic nitrogens is 2. The Labute approximate surface area is 172 Å². The second-order valence-electron chi connectivity index (χ2n) is 6.81. The van der Waals surface area contributed by atoms with E-state index in [4.69, 9.17) is 20.9 Å². The number of hydrogen-bond acceptors (Lipinski definition) is 5. The van der Waals surface area contributed by atoms with Crippen LogP contribution in [0.3, 0.4) is 0 Å². The molecule has 0 aliphatic carbocycles. The predicted octanol–water partition coefficient (Wildman–Crippen LogP) is 4.44. The van der Waals surface area contributed by atoms with Gasteiger partial charge in [-0.25, -0.2) is 4.39 Å². The zero-order valence-electron chi connectivity index (χ0n) is 15.8. The Morgan fingerprint density at radius 3 is 2.83 bits per heavy atom. The number of nitrogens with zero attached hydrogens (tertiary/aromatic N) is 3. The molecule has 150 valence electrons. The summed E-state index contributed by atoms with van der Waals surface area (Å²) < 4.78 is 24.7. The summed E-state index contributed by atoms with van der Waals surface area (Å²) in [4.78, 5) is 19.0. The van der Waals surface area contributed by atoms with Gasteiger partial charge in [-0.05, 0) is 49.2 Å². The van der Waals surface area contributed by atoms with Crippen LogP contribution in [0.25, 0.3) is 11.4 Å². The zero-order chi connectivity index (χ0) is 20.4. The number of methoxy groups -OCH3 is 1. The number of amides is 1. The summed E-state index contributed by atoms with van der Waals surface area (Å²) in [6, 6.07) is 11.4. The Morgan fingerprint density at radius 2 is 2.10 bits per heavy atom. The summed E-state index contributed by atoms with van der Waals surface area (Å²) in [7, 11) is 1.60. The third kappa shape index (κ3) is 3.96. The van der Waals surface area contributed by atoms with Gasteiger partial charge < -0.3 is 14.2 Å². The maximum absolute atomic E-state index is 14.1. The predicted molar refractivity (Wildman–Crippen MR) is 105 cm³/mol. The van der Waals surface area contributed by atoms with Gasteiger partial charge in [-0.1, -0.05) is 22.8 Å². The van der Waals surface area contributed by atoms with Gasteiger partial charge in [0.15, 0.2) is 0 Å². The second-order valence-corrected chi connectivity index (χ2v) is 7.21. The van der Waals surface area contributed by atoms with Crippen molar-refractivity contribution in [3.8, 4) is 17.1 Å². The molecule has 1 unspecified atom stereocenters. The third-order valence-electron chi connectivity index (χ3n) is 5.04. The minimum absolute atomic E-state index is 0.110. The normalized spacial score (nSPS) is 16.2. The number of ether oxygens (including phenoxy) is 1. The first kappa shape index (κ1) is 19.4. The highest BCUT2D eigenvalue weighted by molar-refractivity contribution is 6.31. The molecule has 4 rings (SSSR count). The lowest BCUT2D eigenvalue weighted by Gasteiger charge is -2.22. The Morgan fingerprint density at radius 1 is 1.31 bits per heavy atom. The van der Waals surface area contributed by atoms with Crippen LogP contribution in [0.4, 0.5) is 4.39 Å². The van der Waals surface area contributed by atoms with E-state index >= 15 is 0 Å². The molecule has 6 nitrogen and oxygen atoms in total. The monoisotopic (exact) mass is 415 g/mol. The molecule has 1 atom stereocenters. The average molecular weight is 416 g/mol. The van der Waals surface area contributed by atoms with Crippen molar-refractivity contribution in [2.75, 3.05) is 13.7 Å². The molecule has 0 saturated carbocycles. The van der Waals surface area contributed by atoms with Crippen molar-refractivity contribution in [2.24, 2.45) is 0 Å². The van der Waals surface area contributed by atoms with Crippen molar-refractivity contribution in [2.45, 2.75) is 25.3 Å². The van der Waals surface area contributed by atoms with E-state index in [1.165, 1.54) is 12.1 Å². The molecular formula is C21H19ClFN3O3. The standard InChI is InChI=1S/C21H19ClFN3O3/c1-28-14-9-7-13(8-10-14)20-24-21(29-25-20)18-6-3-11-26(18)19(27)12-15-16(22)4-2-5-17(15)23/h2,4-5,7-10,18H,3,6,11-12H2,1H3. The SMILES string of the molecule is COc1ccc(-c2noc(C3CCCN3C(=O)Cc3c(F)cccc3Cl)n2)cc1. The van der Waals surface area contributed by atoms with Gasteiger partial charge in [0.2, 0.25) is 17.6 Å². The molecule has 29 heavy (non-hydrogen) atoms. The van der Waals surface area contributed by atoms with Gasteiger partial charge in [-0.3, -0.25) is 4.79 Å². The number of benzene rings is 2. The fraction of sp³-hybridized carbons (Fsp3) is 0.286. The summed E-state index contributed by atoms with van der Waals surface area (Å²) in [6.07, 6.45) is 1.41. The number of rotatable bonds is 5. The van der Waals surface area contributed by atoms with Crippen LogP contribution >= 0.6 is 11.6 Å². The molecule has 1 aromatic heterocycles. The largest absolute Gasteiger partial charge is 0.497 e. The Hall–Kier alpha value is -2.93. The summed E-state index contributed by atoms with van der Waals surface area (Å²) in [6.45, 7) is 0.551. The van der Waals surface area contributed by atoms with E-state index in [0.29, 0.717) is 24.7 Å². The summed E-state index contributed by atoms with van der Waals surface area (Å²) in [5, 5.41) is 4.29. The minimum Gasteiger partial charge on any atom is -0.497 e. The molecule has 8 heteroatoms. The van der Waals surface area contributed by atoms with Crippen LogP contribution in [-0.4, -0.2) is 34.6 Å². The van der Waals surface area contributed by atoms with E-state index < -0.39 is 5.82 Å². The fourth-order valence-corrected chi connectivity index (χ4v) is 3.73. The molecular weight excluding hydrogens is 397 g/mol. The molecule has 2 aromatic carbocycles. The lowest BCUT2D eigenvalue weighted by molar-refractivity contribution is -0.131. The Kier molecular flexibility index (Phi) is 5.49. The van der Waals surface area contributed by atoms with E-state index in [9.17, 15) is 9.18 Å². The second kappa shape index (κ2) is 8.21. The van der Waals surface area contributed by atoms with Crippen molar-refractivity contribution in [1.82, 2.24) is 15.0 Å². The molecule has 1 saturated heterocycles. The van der Waals surface area contributed by atoms with E-state index in [1.54, 1.807) is 18.1 Å². The number of likely N-dealkylation sites (tertiary alicyclic amines) is 1. The van der Waals surface area contributed by atoms with Gasteiger partial charge >= 0.3 is 0 Å². The molecule has 1 aliphatic rings. The van der Waals surface area contributed by atoms with Crippen LogP contribution in [0.1, 0.15) is 30.3 Å². The van der Waals surface area contributed by atoms with Gasteiger partial charge in [-0.15, -0.1) is 0 Å². The topological polar surface area (TPSA) is 68.5 Å². The van der Waals surface area contributed by atoms with Gasteiger partial charge in [0.1, 0.15) is 17.6 Å². The Bertz CT molecular complexity index is 1000. The van der Waals surface area contributed by atoms with Gasteiger partial charge in [0.05, 0.1) is 13.5 Å². The van der Waals surface area contributed by atoms with Gasteiger partial charge in [0, 0.05) is 22.7 Å². The Balaban J connectivity index is 1.52. The first-order valence-corrected chi connectivity index (χ1v) is 9.65. The molecule has 1 fully saturated rings. The minimum atomic E-state index is -0.485. The molecule has 1 amide bonds. The lowest BCUT2D eigenvalue weighted by Crippen LogP contribution is -2.32. The van der Waals surface area contributed by atoms with Crippen molar-refractivity contribution in [3.05, 3.63) is 64.8 Å². The highest BCUT2D eigenvalue weighted by Gasteiger charge is 2.34. The molecule has 0 radical (unpaired) electrons. The number of hydrogen-bond donors (Lipinski definition) is 0. The van der Waals surface area contributed by atoms with Crippen molar-refractivity contribution >= 4 is 17.5 Å². The maximum atomic E-state index is 14.1. The van der Waals surface area contributed by atoms with E-state index in [2.05, 4.69) is 10.1 Å². The van der Waals surface area contributed by atoms with E-state index in [1.807, 2.05) is 24.3 Å². The van der Waals surface area contributed by atoms with Crippen LogP contribution in [0, 0.1) is 5.82 Å². The molecule has 0 spiro atoms. The van der Waals surface area contributed by atoms with Crippen molar-refractivity contribution < 1.29 is 18.4 Å². The van der Waals surface area contributed by atoms with Crippen LogP contribution in [0.5, 0.6) is 5.75 Å². The highest BCUT2D eigenvalue weighted by atomic mass is 35.5. The molecule has 2 heterocycles. The number of carbonyl (C=O) groups excluding carboxylic acids is 1. The van der Waals surface area contributed by atoms with Crippen molar-refractivity contribution in [1.29, 1.82) is 0 Å². The summed E-state index contributed by atoms with van der Waals surface area (Å²) in [5.41, 5.74) is 0.990. The lowest BCUT2D eigenvalue weighted by atomic mass is 10.1. The van der Waals surface area contributed by atoms with E-state index in [0.717, 1.165) is 17.7 Å². The smallest absolute Gasteiger partial charge is 0.249 e. The van der Waals surface area contributed by atoms with Crippen LogP contribution < -0.4 is 4.74 Å². The number of carbonyl (C=O) groups is 1. The number of halogens is 2. The molecule has 1 aliphatic heterocycles. The van der Waals surface area contributed by atoms with Crippen molar-refractivity contribution in [3.63, 3.8) is 0 Å². The first-order chi connectivity index (χ1) is 14.1.